The zero-order chi connectivity index (χ0) is 21.5. The largest absolute Gasteiger partial charge is 0.493 e. The smallest absolute Gasteiger partial charge is 0.230 e. The van der Waals surface area contributed by atoms with E-state index in [0.717, 1.165) is 19.3 Å². The Morgan fingerprint density at radius 3 is 2.67 bits per heavy atom. The lowest BCUT2D eigenvalue weighted by Crippen LogP contribution is -2.15. The number of nitrogens with zero attached hydrogens (tertiary/aromatic N) is 2. The molecule has 1 atom stereocenters. The predicted molar refractivity (Wildman–Crippen MR) is 116 cm³/mol. The maximum Gasteiger partial charge on any atom is 0.230 e. The number of hydrogen-bond donors (Lipinski definition) is 1. The number of aromatic nitrogens is 2. The predicted octanol–water partition coefficient (Wildman–Crippen LogP) is 5.74. The number of fused-ring (bicyclic) bond motifs is 1. The Hall–Kier alpha value is -3.35. The molecule has 0 amide bonds. The van der Waals surface area contributed by atoms with Gasteiger partial charge in [0, 0.05) is 24.9 Å². The van der Waals surface area contributed by atoms with Crippen LogP contribution in [0.25, 0.3) is 10.9 Å². The van der Waals surface area contributed by atoms with Crippen LogP contribution in [0.4, 0.5) is 10.1 Å². The first-order valence-electron chi connectivity index (χ1n) is 9.85. The van der Waals surface area contributed by atoms with E-state index in [0.29, 0.717) is 28.1 Å². The second kappa shape index (κ2) is 9.91. The summed E-state index contributed by atoms with van der Waals surface area (Å²) in [6, 6.07) is 8.18. The maximum atomic E-state index is 14.4. The van der Waals surface area contributed by atoms with Crippen molar-refractivity contribution in [3.8, 4) is 23.1 Å². The topological polar surface area (TPSA) is 65.5 Å². The molecule has 0 aliphatic rings. The molecule has 0 saturated heterocycles. The summed E-state index contributed by atoms with van der Waals surface area (Å²) in [6.07, 6.45) is 5.88. The Kier molecular flexibility index (Phi) is 7.06. The molecule has 30 heavy (non-hydrogen) atoms. The highest BCUT2D eigenvalue weighted by Crippen LogP contribution is 2.37. The third-order valence-electron chi connectivity index (χ3n) is 4.75. The maximum absolute atomic E-state index is 14.4. The van der Waals surface area contributed by atoms with Crippen LogP contribution < -0.4 is 19.5 Å². The van der Waals surface area contributed by atoms with Crippen LogP contribution in [0.2, 0.25) is 0 Å². The van der Waals surface area contributed by atoms with Gasteiger partial charge in [-0.05, 0) is 37.5 Å². The van der Waals surface area contributed by atoms with Crippen molar-refractivity contribution in [2.24, 2.45) is 0 Å². The summed E-state index contributed by atoms with van der Waals surface area (Å²) in [5.74, 6) is 0.942. The van der Waals surface area contributed by atoms with Gasteiger partial charge in [-0.1, -0.05) is 13.0 Å². The molecule has 0 radical (unpaired) electrons. The molecule has 158 valence electrons. The van der Waals surface area contributed by atoms with E-state index in [1.54, 1.807) is 38.4 Å². The molecule has 1 N–H and O–H groups in total. The fourth-order valence-corrected chi connectivity index (χ4v) is 3.05. The Morgan fingerprint density at radius 2 is 2.00 bits per heavy atom. The zero-order valence-corrected chi connectivity index (χ0v) is 17.4. The van der Waals surface area contributed by atoms with E-state index in [4.69, 9.17) is 14.2 Å². The van der Waals surface area contributed by atoms with Gasteiger partial charge in [-0.15, -0.1) is 6.58 Å². The Labute approximate surface area is 175 Å². The molecule has 3 aromatic rings. The molecule has 0 saturated carbocycles. The van der Waals surface area contributed by atoms with Gasteiger partial charge in [-0.2, -0.15) is 0 Å². The second-order valence-corrected chi connectivity index (χ2v) is 6.71. The molecule has 7 heteroatoms. The highest BCUT2D eigenvalue weighted by Gasteiger charge is 2.17. The first-order chi connectivity index (χ1) is 14.6. The van der Waals surface area contributed by atoms with Gasteiger partial charge in [0.05, 0.1) is 24.1 Å². The highest BCUT2D eigenvalue weighted by atomic mass is 19.1. The molecule has 0 bridgehead atoms. The average molecular weight is 411 g/mol. The molecule has 1 heterocycles. The van der Waals surface area contributed by atoms with Gasteiger partial charge in [-0.25, -0.2) is 14.4 Å². The van der Waals surface area contributed by atoms with Gasteiger partial charge >= 0.3 is 0 Å². The fraction of sp³-hybridized carbons (Fsp3) is 0.304. The summed E-state index contributed by atoms with van der Waals surface area (Å²) in [7, 11) is 3.29. The molecule has 0 fully saturated rings. The number of ether oxygens (including phenoxy) is 3. The number of rotatable bonds is 10. The van der Waals surface area contributed by atoms with Gasteiger partial charge < -0.3 is 19.5 Å². The number of allylic oxidation sites excluding steroid dienone is 1. The van der Waals surface area contributed by atoms with Crippen molar-refractivity contribution in [1.29, 1.82) is 0 Å². The Balaban J connectivity index is 1.95. The quantitative estimate of drug-likeness (QED) is 0.430. The summed E-state index contributed by atoms with van der Waals surface area (Å²) in [6.45, 7) is 5.84. The van der Waals surface area contributed by atoms with Crippen molar-refractivity contribution in [3.63, 3.8) is 0 Å². The lowest BCUT2D eigenvalue weighted by Gasteiger charge is -2.19. The molecule has 1 aromatic heterocycles. The van der Waals surface area contributed by atoms with E-state index < -0.39 is 5.82 Å². The highest BCUT2D eigenvalue weighted by molar-refractivity contribution is 5.87. The van der Waals surface area contributed by atoms with Crippen molar-refractivity contribution in [2.45, 2.75) is 32.3 Å². The number of hydrogen-bond acceptors (Lipinski definition) is 6. The third kappa shape index (κ3) is 4.79. The minimum Gasteiger partial charge on any atom is -0.493 e. The van der Waals surface area contributed by atoms with Gasteiger partial charge in [0.15, 0.2) is 23.1 Å². The summed E-state index contributed by atoms with van der Waals surface area (Å²) in [5, 5.41) is 3.48. The van der Waals surface area contributed by atoms with E-state index in [1.807, 2.05) is 6.08 Å². The van der Waals surface area contributed by atoms with Crippen molar-refractivity contribution >= 4 is 16.6 Å². The molecule has 6 nitrogen and oxygen atoms in total. The van der Waals surface area contributed by atoms with E-state index in [2.05, 4.69) is 28.8 Å². The standard InChI is InChI=1S/C23H26FN3O3/c1-5-7-8-16(6-2)29-22-13-19-17(12-21(22)28-4)23(27-14-26-19)30-20-10-9-15(25-3)11-18(20)24/h5,9-14,16,25H,1,6-8H2,2-4H3. The molecule has 0 aliphatic heterocycles. The minimum atomic E-state index is -0.492. The van der Waals surface area contributed by atoms with Crippen LogP contribution in [0.15, 0.2) is 49.3 Å². The average Bonchev–Trinajstić information content (AvgIpc) is 2.77. The first-order valence-corrected chi connectivity index (χ1v) is 9.85. The van der Waals surface area contributed by atoms with Gasteiger partial charge in [0.1, 0.15) is 6.33 Å². The second-order valence-electron chi connectivity index (χ2n) is 6.71. The number of anilines is 1. The lowest BCUT2D eigenvalue weighted by molar-refractivity contribution is 0.181. The summed E-state index contributed by atoms with van der Waals surface area (Å²) >= 11 is 0. The monoisotopic (exact) mass is 411 g/mol. The van der Waals surface area contributed by atoms with E-state index >= 15 is 0 Å². The van der Waals surface area contributed by atoms with Crippen LogP contribution in [-0.4, -0.2) is 30.2 Å². The molecule has 1 unspecified atom stereocenters. The van der Waals surface area contributed by atoms with E-state index in [9.17, 15) is 4.39 Å². The van der Waals surface area contributed by atoms with Crippen molar-refractivity contribution in [1.82, 2.24) is 9.97 Å². The molecule has 0 spiro atoms. The summed E-state index contributed by atoms with van der Waals surface area (Å²) < 4.78 is 31.8. The Morgan fingerprint density at radius 1 is 1.17 bits per heavy atom. The number of halogens is 1. The van der Waals surface area contributed by atoms with Crippen molar-refractivity contribution in [3.05, 3.63) is 55.1 Å². The van der Waals surface area contributed by atoms with Crippen LogP contribution >= 0.6 is 0 Å². The Bertz CT molecular complexity index is 1030. The van der Waals surface area contributed by atoms with E-state index in [1.165, 1.54) is 12.4 Å². The number of methoxy groups -OCH3 is 1. The first kappa shape index (κ1) is 21.4. The van der Waals surface area contributed by atoms with Crippen LogP contribution in [0.5, 0.6) is 23.1 Å². The van der Waals surface area contributed by atoms with Crippen molar-refractivity contribution < 1.29 is 18.6 Å². The third-order valence-corrected chi connectivity index (χ3v) is 4.75. The number of benzene rings is 2. The molecular weight excluding hydrogens is 385 g/mol. The van der Waals surface area contributed by atoms with Gasteiger partial charge in [0.25, 0.3) is 0 Å². The SMILES string of the molecule is C=CCCC(CC)Oc1cc2ncnc(Oc3ccc(NC)cc3F)c2cc1OC. The van der Waals surface area contributed by atoms with Crippen LogP contribution in [0.1, 0.15) is 26.2 Å². The van der Waals surface area contributed by atoms with Crippen LogP contribution in [0.3, 0.4) is 0 Å². The molecule has 0 aliphatic carbocycles. The normalized spacial score (nSPS) is 11.7. The zero-order valence-electron chi connectivity index (χ0n) is 17.4. The molecule has 2 aromatic carbocycles. The van der Waals surface area contributed by atoms with Crippen molar-refractivity contribution in [2.75, 3.05) is 19.5 Å². The van der Waals surface area contributed by atoms with Crippen LogP contribution in [0, 0.1) is 5.82 Å². The van der Waals surface area contributed by atoms with Crippen LogP contribution in [-0.2, 0) is 0 Å². The fourth-order valence-electron chi connectivity index (χ4n) is 3.05. The summed E-state index contributed by atoms with van der Waals surface area (Å²) in [5.41, 5.74) is 1.26. The number of nitrogens with one attached hydrogen (secondary N) is 1. The lowest BCUT2D eigenvalue weighted by atomic mass is 10.1. The summed E-state index contributed by atoms with van der Waals surface area (Å²) in [4.78, 5) is 8.50. The molecule has 3 rings (SSSR count). The van der Waals surface area contributed by atoms with E-state index in [-0.39, 0.29) is 17.7 Å². The van der Waals surface area contributed by atoms with Gasteiger partial charge in [0.2, 0.25) is 5.88 Å². The minimum absolute atomic E-state index is 0.0340. The molecular formula is C23H26FN3O3. The van der Waals surface area contributed by atoms with Gasteiger partial charge in [-0.3, -0.25) is 0 Å².